The normalized spacial score (nSPS) is 10.7. The second-order valence-electron chi connectivity index (χ2n) is 4.82. The van der Waals surface area contributed by atoms with Gasteiger partial charge in [-0.1, -0.05) is 0 Å². The van der Waals surface area contributed by atoms with Crippen LogP contribution in [0, 0.1) is 0 Å². The number of thioether (sulfide) groups is 1. The highest BCUT2D eigenvalue weighted by atomic mass is 32.2. The average molecular weight is 380 g/mol. The van der Waals surface area contributed by atoms with Gasteiger partial charge in [0, 0.05) is 18.6 Å². The molecule has 0 aromatic heterocycles. The molecule has 0 aromatic carbocycles. The summed E-state index contributed by atoms with van der Waals surface area (Å²) >= 11 is 1.46. The summed E-state index contributed by atoms with van der Waals surface area (Å²) in [5.74, 6) is -2.34. The molecule has 0 N–H and O–H groups in total. The van der Waals surface area contributed by atoms with Crippen LogP contribution in [0.3, 0.4) is 0 Å². The Balaban J connectivity index is 5.12. The molecule has 0 rings (SSSR count). The van der Waals surface area contributed by atoms with E-state index in [-0.39, 0.29) is 6.42 Å². The first-order chi connectivity index (χ1) is 11.8. The van der Waals surface area contributed by atoms with Gasteiger partial charge >= 0.3 is 23.9 Å². The van der Waals surface area contributed by atoms with Crippen LogP contribution in [-0.2, 0) is 42.9 Å². The van der Waals surface area contributed by atoms with Crippen LogP contribution >= 0.6 is 11.8 Å². The van der Waals surface area contributed by atoms with Gasteiger partial charge in [-0.3, -0.25) is 14.4 Å². The van der Waals surface area contributed by atoms with E-state index in [0.717, 1.165) is 21.3 Å². The summed E-state index contributed by atoms with van der Waals surface area (Å²) in [6.45, 7) is 0.538. The quantitative estimate of drug-likeness (QED) is 0.267. The molecule has 0 fully saturated rings. The van der Waals surface area contributed by atoms with Gasteiger partial charge in [0.15, 0.2) is 0 Å². The lowest BCUT2D eigenvalue weighted by molar-refractivity contribution is -0.188. The maximum atomic E-state index is 12.2. The number of carbonyl (C=O) groups is 4. The molecule has 0 aliphatic carbocycles. The molecule has 25 heavy (non-hydrogen) atoms. The minimum absolute atomic E-state index is 0.0184. The van der Waals surface area contributed by atoms with Crippen molar-refractivity contribution in [1.82, 2.24) is 0 Å². The standard InChI is InChI=1S/C15H24O9S/c1-20-6-8-25-7-5-11(16)24-15(14(19)23-4,9-12(17)21-2)10-13(18)22-3/h5-10H2,1-4H3. The largest absolute Gasteiger partial charge is 0.469 e. The van der Waals surface area contributed by atoms with Crippen molar-refractivity contribution >= 4 is 35.6 Å². The van der Waals surface area contributed by atoms with Crippen molar-refractivity contribution in [3.63, 3.8) is 0 Å². The lowest BCUT2D eigenvalue weighted by Crippen LogP contribution is -2.48. The number of carbonyl (C=O) groups excluding carboxylic acids is 4. The van der Waals surface area contributed by atoms with Crippen LogP contribution in [0.5, 0.6) is 0 Å². The number of esters is 4. The average Bonchev–Trinajstić information content (AvgIpc) is 2.60. The topological polar surface area (TPSA) is 114 Å². The van der Waals surface area contributed by atoms with Crippen LogP contribution < -0.4 is 0 Å². The third kappa shape index (κ3) is 8.73. The van der Waals surface area contributed by atoms with E-state index in [9.17, 15) is 19.2 Å². The van der Waals surface area contributed by atoms with E-state index in [1.54, 1.807) is 7.11 Å². The fourth-order valence-electron chi connectivity index (χ4n) is 1.79. The van der Waals surface area contributed by atoms with Crippen molar-refractivity contribution in [2.45, 2.75) is 24.9 Å². The number of ether oxygens (including phenoxy) is 5. The third-order valence-corrected chi connectivity index (χ3v) is 4.01. The molecule has 10 heteroatoms. The Morgan fingerprint density at radius 3 is 1.80 bits per heavy atom. The summed E-state index contributed by atoms with van der Waals surface area (Å²) in [4.78, 5) is 47.5. The van der Waals surface area contributed by atoms with Crippen LogP contribution in [0.25, 0.3) is 0 Å². The van der Waals surface area contributed by atoms with Gasteiger partial charge < -0.3 is 23.7 Å². The van der Waals surface area contributed by atoms with Crippen LogP contribution in [0.2, 0.25) is 0 Å². The SMILES string of the molecule is COCCSCCC(=O)OC(CC(=O)OC)(CC(=O)OC)C(=O)OC. The highest BCUT2D eigenvalue weighted by Gasteiger charge is 2.48. The Kier molecular flexibility index (Phi) is 11.6. The molecule has 0 amide bonds. The van der Waals surface area contributed by atoms with Gasteiger partial charge in [0.2, 0.25) is 5.60 Å². The minimum atomic E-state index is -2.12. The third-order valence-electron chi connectivity index (χ3n) is 3.06. The zero-order valence-corrected chi connectivity index (χ0v) is 15.6. The molecule has 0 aromatic rings. The molecule has 0 unspecified atom stereocenters. The molecule has 0 bridgehead atoms. The van der Waals surface area contributed by atoms with Gasteiger partial charge in [-0.25, -0.2) is 4.79 Å². The molecule has 0 saturated heterocycles. The molecule has 0 saturated carbocycles. The first-order valence-corrected chi connectivity index (χ1v) is 8.51. The van der Waals surface area contributed by atoms with E-state index >= 15 is 0 Å². The second kappa shape index (κ2) is 12.5. The van der Waals surface area contributed by atoms with Crippen molar-refractivity contribution < 1.29 is 42.9 Å². The Morgan fingerprint density at radius 2 is 1.36 bits per heavy atom. The molecule has 0 aliphatic rings. The Labute approximate surface area is 150 Å². The lowest BCUT2D eigenvalue weighted by Gasteiger charge is -2.28. The van der Waals surface area contributed by atoms with Crippen molar-refractivity contribution in [1.29, 1.82) is 0 Å². The van der Waals surface area contributed by atoms with Gasteiger partial charge in [-0.2, -0.15) is 11.8 Å². The summed E-state index contributed by atoms with van der Waals surface area (Å²) < 4.78 is 23.7. The fraction of sp³-hybridized carbons (Fsp3) is 0.733. The predicted octanol–water partition coefficient (Wildman–Crippen LogP) is 0.337. The zero-order valence-electron chi connectivity index (χ0n) is 14.8. The summed E-state index contributed by atoms with van der Waals surface area (Å²) in [5.41, 5.74) is -2.12. The van der Waals surface area contributed by atoms with Gasteiger partial charge in [0.1, 0.15) is 0 Å². The van der Waals surface area contributed by atoms with Crippen molar-refractivity contribution in [2.24, 2.45) is 0 Å². The monoisotopic (exact) mass is 380 g/mol. The predicted molar refractivity (Wildman–Crippen MR) is 87.9 cm³/mol. The summed E-state index contributed by atoms with van der Waals surface area (Å²) in [6, 6.07) is 0. The van der Waals surface area contributed by atoms with E-state index in [1.807, 2.05) is 0 Å². The molecular weight excluding hydrogens is 356 g/mol. The van der Waals surface area contributed by atoms with Crippen LogP contribution in [0.1, 0.15) is 19.3 Å². The van der Waals surface area contributed by atoms with Crippen LogP contribution in [0.4, 0.5) is 0 Å². The fourth-order valence-corrected chi connectivity index (χ4v) is 2.59. The molecule has 9 nitrogen and oxygen atoms in total. The van der Waals surface area contributed by atoms with Crippen LogP contribution in [0.15, 0.2) is 0 Å². The first-order valence-electron chi connectivity index (χ1n) is 7.35. The molecule has 0 radical (unpaired) electrons. The van der Waals surface area contributed by atoms with Crippen molar-refractivity contribution in [2.75, 3.05) is 46.6 Å². The molecule has 0 aliphatic heterocycles. The maximum absolute atomic E-state index is 12.2. The number of hydrogen-bond acceptors (Lipinski definition) is 10. The van der Waals surface area contributed by atoms with E-state index in [2.05, 4.69) is 14.2 Å². The summed E-state index contributed by atoms with van der Waals surface area (Å²) in [7, 11) is 4.84. The lowest BCUT2D eigenvalue weighted by atomic mass is 9.95. The van der Waals surface area contributed by atoms with Crippen LogP contribution in [-0.4, -0.2) is 76.0 Å². The molecule has 0 atom stereocenters. The number of rotatable bonds is 12. The highest BCUT2D eigenvalue weighted by Crippen LogP contribution is 2.25. The smallest absolute Gasteiger partial charge is 0.351 e. The molecule has 0 spiro atoms. The van der Waals surface area contributed by atoms with E-state index in [4.69, 9.17) is 9.47 Å². The Bertz CT molecular complexity index is 446. The molecular formula is C15H24O9S. The van der Waals surface area contributed by atoms with Gasteiger partial charge in [-0.05, 0) is 0 Å². The number of methoxy groups -OCH3 is 4. The van der Waals surface area contributed by atoms with Crippen molar-refractivity contribution in [3.8, 4) is 0 Å². The Morgan fingerprint density at radius 1 is 0.800 bits per heavy atom. The number of hydrogen-bond donors (Lipinski definition) is 0. The van der Waals surface area contributed by atoms with Crippen molar-refractivity contribution in [3.05, 3.63) is 0 Å². The van der Waals surface area contributed by atoms with E-state index < -0.39 is 42.3 Å². The van der Waals surface area contributed by atoms with E-state index in [1.165, 1.54) is 11.8 Å². The van der Waals surface area contributed by atoms with Gasteiger partial charge in [0.25, 0.3) is 0 Å². The van der Waals surface area contributed by atoms with Gasteiger partial charge in [0.05, 0.1) is 47.2 Å². The second-order valence-corrected chi connectivity index (χ2v) is 6.05. The maximum Gasteiger partial charge on any atom is 0.351 e. The molecule has 0 heterocycles. The van der Waals surface area contributed by atoms with Gasteiger partial charge in [-0.15, -0.1) is 0 Å². The summed E-state index contributed by atoms with van der Waals surface area (Å²) in [6.07, 6.45) is -1.34. The van der Waals surface area contributed by atoms with E-state index in [0.29, 0.717) is 18.1 Å². The summed E-state index contributed by atoms with van der Waals surface area (Å²) in [5, 5.41) is 0. The minimum Gasteiger partial charge on any atom is -0.469 e. The molecule has 144 valence electrons. The first kappa shape index (κ1) is 23.2. The highest BCUT2D eigenvalue weighted by molar-refractivity contribution is 7.99. The zero-order chi connectivity index (χ0) is 19.3. The Hall–Kier alpha value is -1.81.